The van der Waals surface area contributed by atoms with Crippen LogP contribution >= 0.6 is 0 Å². The summed E-state index contributed by atoms with van der Waals surface area (Å²) in [5.74, 6) is -0.809. The number of rotatable bonds is 36. The van der Waals surface area contributed by atoms with Gasteiger partial charge in [-0.25, -0.2) is 0 Å². The standard InChI is InChI=1S/C43H80O10/c1-3-5-7-9-11-13-15-17-18-20-22-23-25-27-29-31-38(45)50-33-36(44)34-52-43-42(49)41(48)40(47)37(53-43)35-51-39(46)32-30-28-26-24-21-19-16-14-12-10-8-6-4-2/h17-18,36-37,40-44,47-49H,3-16,19-35H2,1-2H3/b18-17-/t36-,37-,40+,41+,42-,43-/m1/s1. The van der Waals surface area contributed by atoms with Crippen LogP contribution in [-0.2, 0) is 28.5 Å². The lowest BCUT2D eigenvalue weighted by Gasteiger charge is -2.40. The molecule has 0 aromatic heterocycles. The molecule has 10 heteroatoms. The molecule has 0 saturated carbocycles. The number of esters is 2. The van der Waals surface area contributed by atoms with E-state index < -0.39 is 48.7 Å². The molecule has 0 aromatic carbocycles. The molecule has 0 spiro atoms. The fourth-order valence-electron chi connectivity index (χ4n) is 6.58. The van der Waals surface area contributed by atoms with Gasteiger partial charge in [-0.15, -0.1) is 0 Å². The largest absolute Gasteiger partial charge is 0.463 e. The van der Waals surface area contributed by atoms with Crippen LogP contribution in [0.4, 0.5) is 0 Å². The molecule has 0 aliphatic carbocycles. The maximum atomic E-state index is 12.3. The number of ether oxygens (including phenoxy) is 4. The zero-order valence-corrected chi connectivity index (χ0v) is 33.8. The van der Waals surface area contributed by atoms with Crippen molar-refractivity contribution in [1.29, 1.82) is 0 Å². The van der Waals surface area contributed by atoms with Crippen molar-refractivity contribution in [3.8, 4) is 0 Å². The second-order valence-corrected chi connectivity index (χ2v) is 15.2. The van der Waals surface area contributed by atoms with E-state index in [1.165, 1.54) is 109 Å². The Hall–Kier alpha value is -1.56. The predicted octanol–water partition coefficient (Wildman–Crippen LogP) is 8.78. The monoisotopic (exact) mass is 757 g/mol. The summed E-state index contributed by atoms with van der Waals surface area (Å²) < 4.78 is 21.5. The Morgan fingerprint density at radius 3 is 1.43 bits per heavy atom. The third-order valence-electron chi connectivity index (χ3n) is 10.1. The average Bonchev–Trinajstić information content (AvgIpc) is 3.15. The SMILES string of the molecule is CCCCCCCC/C=C\CCCCCCCC(=O)OC[C@@H](O)CO[C@@H]1O[C@H](COC(=O)CCCCCCCCCCCCCCC)[C@H](O)[C@H](O)[C@H]1O. The smallest absolute Gasteiger partial charge is 0.305 e. The first-order valence-electron chi connectivity index (χ1n) is 21.8. The van der Waals surface area contributed by atoms with Crippen molar-refractivity contribution in [2.24, 2.45) is 0 Å². The van der Waals surface area contributed by atoms with Gasteiger partial charge in [-0.05, 0) is 38.5 Å². The number of hydrogen-bond acceptors (Lipinski definition) is 10. The number of allylic oxidation sites excluding steroid dienone is 2. The molecule has 0 radical (unpaired) electrons. The summed E-state index contributed by atoms with van der Waals surface area (Å²) >= 11 is 0. The molecule has 312 valence electrons. The lowest BCUT2D eigenvalue weighted by atomic mass is 9.99. The maximum Gasteiger partial charge on any atom is 0.305 e. The summed E-state index contributed by atoms with van der Waals surface area (Å²) in [5.41, 5.74) is 0. The minimum Gasteiger partial charge on any atom is -0.463 e. The second kappa shape index (κ2) is 34.9. The number of hydrogen-bond donors (Lipinski definition) is 4. The van der Waals surface area contributed by atoms with Gasteiger partial charge in [-0.2, -0.15) is 0 Å². The summed E-state index contributed by atoms with van der Waals surface area (Å²) in [7, 11) is 0. The van der Waals surface area contributed by atoms with Crippen LogP contribution in [0.15, 0.2) is 12.2 Å². The van der Waals surface area contributed by atoms with Gasteiger partial charge in [0.1, 0.15) is 43.7 Å². The first-order chi connectivity index (χ1) is 25.8. The zero-order valence-electron chi connectivity index (χ0n) is 33.8. The van der Waals surface area contributed by atoms with Crippen LogP contribution in [0.1, 0.15) is 194 Å². The van der Waals surface area contributed by atoms with Gasteiger partial charge in [0, 0.05) is 12.8 Å². The second-order valence-electron chi connectivity index (χ2n) is 15.2. The molecule has 0 amide bonds. The van der Waals surface area contributed by atoms with Gasteiger partial charge in [0.15, 0.2) is 6.29 Å². The molecule has 0 unspecified atom stereocenters. The van der Waals surface area contributed by atoms with Crippen molar-refractivity contribution in [1.82, 2.24) is 0 Å². The molecule has 1 rings (SSSR count). The Bertz CT molecular complexity index is 883. The van der Waals surface area contributed by atoms with E-state index in [-0.39, 0.29) is 32.7 Å². The maximum absolute atomic E-state index is 12.3. The lowest BCUT2D eigenvalue weighted by Crippen LogP contribution is -2.59. The van der Waals surface area contributed by atoms with Gasteiger partial charge in [0.25, 0.3) is 0 Å². The van der Waals surface area contributed by atoms with Crippen molar-refractivity contribution in [3.63, 3.8) is 0 Å². The number of aliphatic hydroxyl groups excluding tert-OH is 4. The van der Waals surface area contributed by atoms with Crippen LogP contribution in [-0.4, -0.2) is 89.0 Å². The molecule has 0 aromatic rings. The Morgan fingerprint density at radius 1 is 0.547 bits per heavy atom. The van der Waals surface area contributed by atoms with E-state index >= 15 is 0 Å². The van der Waals surface area contributed by atoms with Gasteiger partial charge < -0.3 is 39.4 Å². The molecule has 4 N–H and O–H groups in total. The molecule has 6 atom stereocenters. The normalized spacial score (nSPS) is 20.9. The molecule has 1 saturated heterocycles. The Morgan fingerprint density at radius 2 is 0.962 bits per heavy atom. The zero-order chi connectivity index (χ0) is 38.8. The highest BCUT2D eigenvalue weighted by atomic mass is 16.7. The summed E-state index contributed by atoms with van der Waals surface area (Å²) in [4.78, 5) is 24.4. The minimum absolute atomic E-state index is 0.258. The first-order valence-corrected chi connectivity index (χ1v) is 21.8. The fraction of sp³-hybridized carbons (Fsp3) is 0.907. The predicted molar refractivity (Wildman–Crippen MR) is 210 cm³/mol. The van der Waals surface area contributed by atoms with E-state index in [9.17, 15) is 30.0 Å². The molecule has 0 bridgehead atoms. The highest BCUT2D eigenvalue weighted by Gasteiger charge is 2.45. The van der Waals surface area contributed by atoms with E-state index in [0.717, 1.165) is 57.8 Å². The van der Waals surface area contributed by atoms with Crippen LogP contribution in [0.5, 0.6) is 0 Å². The van der Waals surface area contributed by atoms with Crippen molar-refractivity contribution in [2.75, 3.05) is 19.8 Å². The Kier molecular flexibility index (Phi) is 32.6. The van der Waals surface area contributed by atoms with Crippen molar-refractivity contribution in [3.05, 3.63) is 12.2 Å². The van der Waals surface area contributed by atoms with Crippen LogP contribution in [0.2, 0.25) is 0 Å². The van der Waals surface area contributed by atoms with E-state index in [4.69, 9.17) is 18.9 Å². The van der Waals surface area contributed by atoms with Gasteiger partial charge in [0.05, 0.1) is 6.61 Å². The summed E-state index contributed by atoms with van der Waals surface area (Å²) in [6.45, 7) is 3.56. The van der Waals surface area contributed by atoms with Gasteiger partial charge in [-0.3, -0.25) is 9.59 Å². The summed E-state index contributed by atoms with van der Waals surface area (Å²) in [6.07, 6.45) is 27.8. The van der Waals surface area contributed by atoms with Crippen molar-refractivity contribution < 1.29 is 49.0 Å². The quantitative estimate of drug-likeness (QED) is 0.0277. The summed E-state index contributed by atoms with van der Waals surface area (Å²) in [5, 5.41) is 41.3. The lowest BCUT2D eigenvalue weighted by molar-refractivity contribution is -0.305. The average molecular weight is 757 g/mol. The number of unbranched alkanes of at least 4 members (excludes halogenated alkanes) is 23. The highest BCUT2D eigenvalue weighted by Crippen LogP contribution is 2.23. The van der Waals surface area contributed by atoms with Gasteiger partial charge >= 0.3 is 11.9 Å². The molecule has 1 heterocycles. The molecular weight excluding hydrogens is 676 g/mol. The number of carbonyl (C=O) groups is 2. The number of carbonyl (C=O) groups excluding carboxylic acids is 2. The number of aliphatic hydroxyl groups is 4. The first kappa shape index (κ1) is 49.5. The fourth-order valence-corrected chi connectivity index (χ4v) is 6.58. The van der Waals surface area contributed by atoms with Crippen LogP contribution < -0.4 is 0 Å². The van der Waals surface area contributed by atoms with Crippen molar-refractivity contribution in [2.45, 2.75) is 230 Å². The molecular formula is C43H80O10. The van der Waals surface area contributed by atoms with Crippen LogP contribution in [0.3, 0.4) is 0 Å². The topological polar surface area (TPSA) is 152 Å². The summed E-state index contributed by atoms with van der Waals surface area (Å²) in [6, 6.07) is 0. The highest BCUT2D eigenvalue weighted by molar-refractivity contribution is 5.69. The van der Waals surface area contributed by atoms with Gasteiger partial charge in [0.2, 0.25) is 0 Å². The molecule has 1 aliphatic rings. The van der Waals surface area contributed by atoms with Gasteiger partial charge in [-0.1, -0.05) is 154 Å². The van der Waals surface area contributed by atoms with Crippen LogP contribution in [0, 0.1) is 0 Å². The van der Waals surface area contributed by atoms with Crippen molar-refractivity contribution >= 4 is 11.9 Å². The van der Waals surface area contributed by atoms with E-state index in [2.05, 4.69) is 26.0 Å². The molecule has 10 nitrogen and oxygen atoms in total. The Balaban J connectivity index is 2.10. The molecule has 1 aliphatic heterocycles. The van der Waals surface area contributed by atoms with E-state index in [1.807, 2.05) is 0 Å². The van der Waals surface area contributed by atoms with E-state index in [0.29, 0.717) is 0 Å². The molecule has 1 fully saturated rings. The molecule has 53 heavy (non-hydrogen) atoms. The minimum atomic E-state index is -1.60. The van der Waals surface area contributed by atoms with E-state index in [1.54, 1.807) is 0 Å². The van der Waals surface area contributed by atoms with Crippen LogP contribution in [0.25, 0.3) is 0 Å². The Labute approximate surface area is 322 Å². The third kappa shape index (κ3) is 27.6. The third-order valence-corrected chi connectivity index (χ3v) is 10.1.